The lowest BCUT2D eigenvalue weighted by Gasteiger charge is -2.35. The van der Waals surface area contributed by atoms with Gasteiger partial charge in [-0.15, -0.1) is 0 Å². The van der Waals surface area contributed by atoms with Crippen LogP contribution in [0.3, 0.4) is 0 Å². The average Bonchev–Trinajstić information content (AvgIpc) is 3.88. The zero-order chi connectivity index (χ0) is 43.0. The molecule has 1 heterocycles. The van der Waals surface area contributed by atoms with E-state index in [2.05, 4.69) is 249 Å². The number of hydrogen-bond donors (Lipinski definition) is 0. The quantitative estimate of drug-likeness (QED) is 0.137. The maximum atomic E-state index is 6.16. The Morgan fingerprint density at radius 3 is 1.59 bits per heavy atom. The second-order valence-corrected chi connectivity index (χ2v) is 16.4. The van der Waals surface area contributed by atoms with E-state index in [0.717, 1.165) is 50.1 Å². The van der Waals surface area contributed by atoms with E-state index in [4.69, 9.17) is 4.42 Å². The zero-order valence-electron chi connectivity index (χ0n) is 35.7. The van der Waals surface area contributed by atoms with Crippen molar-refractivity contribution in [3.8, 4) is 33.4 Å². The standard InChI is InChI=1S/C62H45NO/c1-3-16-54-55-23-11-13-25-59(55)62(58(54)4-2,49-21-9-6-10-22-49)50-32-38-53(39-33-50)63(51-34-27-44(28-35-51)47-20-15-19-46(41-47)43-17-7-5-8-18-43)52-36-29-45(30-37-52)48-31-40-61-57(42-48)56-24-12-14-26-60(56)64-61/h3-42H,2H2,1H3/b16-3-. The molecule has 2 heteroatoms. The maximum Gasteiger partial charge on any atom is 0.135 e. The Labute approximate surface area is 375 Å². The van der Waals surface area contributed by atoms with Gasteiger partial charge >= 0.3 is 0 Å². The van der Waals surface area contributed by atoms with Crippen LogP contribution < -0.4 is 4.90 Å². The summed E-state index contributed by atoms with van der Waals surface area (Å²) in [6.45, 7) is 6.51. The number of anilines is 3. The number of rotatable bonds is 10. The van der Waals surface area contributed by atoms with Gasteiger partial charge in [0, 0.05) is 27.8 Å². The van der Waals surface area contributed by atoms with Crippen LogP contribution in [0.1, 0.15) is 29.2 Å². The summed E-state index contributed by atoms with van der Waals surface area (Å²) in [7, 11) is 0. The highest BCUT2D eigenvalue weighted by atomic mass is 16.3. The topological polar surface area (TPSA) is 16.4 Å². The molecule has 10 aromatic rings. The second-order valence-electron chi connectivity index (χ2n) is 16.4. The summed E-state index contributed by atoms with van der Waals surface area (Å²) < 4.78 is 6.16. The van der Waals surface area contributed by atoms with Gasteiger partial charge in [-0.25, -0.2) is 0 Å². The van der Waals surface area contributed by atoms with E-state index in [0.29, 0.717) is 0 Å². The number of allylic oxidation sites excluding steroid dienone is 5. The minimum Gasteiger partial charge on any atom is -0.456 e. The molecule has 1 atom stereocenters. The highest BCUT2D eigenvalue weighted by molar-refractivity contribution is 6.06. The molecular weight excluding hydrogens is 775 g/mol. The highest BCUT2D eigenvalue weighted by Crippen LogP contribution is 2.55. The van der Waals surface area contributed by atoms with Crippen LogP contribution in [0.15, 0.2) is 259 Å². The molecular formula is C62H45NO. The van der Waals surface area contributed by atoms with E-state index >= 15 is 0 Å². The third-order valence-electron chi connectivity index (χ3n) is 12.9. The molecule has 0 N–H and O–H groups in total. The van der Waals surface area contributed by atoms with Crippen molar-refractivity contribution >= 4 is 44.6 Å². The molecule has 1 aliphatic rings. The van der Waals surface area contributed by atoms with Gasteiger partial charge < -0.3 is 9.32 Å². The van der Waals surface area contributed by atoms with E-state index < -0.39 is 5.41 Å². The molecule has 9 aromatic carbocycles. The zero-order valence-corrected chi connectivity index (χ0v) is 35.7. The molecule has 64 heavy (non-hydrogen) atoms. The summed E-state index contributed by atoms with van der Waals surface area (Å²) in [6, 6.07) is 80.9. The first-order valence-corrected chi connectivity index (χ1v) is 22.0. The summed E-state index contributed by atoms with van der Waals surface area (Å²) in [4.78, 5) is 2.36. The van der Waals surface area contributed by atoms with E-state index in [-0.39, 0.29) is 0 Å². The fourth-order valence-electron chi connectivity index (χ4n) is 9.95. The Kier molecular flexibility index (Phi) is 9.83. The molecule has 2 nitrogen and oxygen atoms in total. The Hall–Kier alpha value is -8.20. The summed E-state index contributed by atoms with van der Waals surface area (Å²) in [5.74, 6) is 0. The Morgan fingerprint density at radius 2 is 0.938 bits per heavy atom. The maximum absolute atomic E-state index is 6.16. The molecule has 0 spiro atoms. The van der Waals surface area contributed by atoms with Crippen LogP contribution in [-0.2, 0) is 5.41 Å². The van der Waals surface area contributed by atoms with Crippen LogP contribution in [0.5, 0.6) is 0 Å². The van der Waals surface area contributed by atoms with Crippen LogP contribution >= 0.6 is 0 Å². The molecule has 304 valence electrons. The second kappa shape index (κ2) is 16.2. The van der Waals surface area contributed by atoms with Gasteiger partial charge in [0.25, 0.3) is 0 Å². The summed E-state index contributed by atoms with van der Waals surface area (Å²) in [5.41, 5.74) is 18.8. The Bertz CT molecular complexity index is 3370. The molecule has 0 bridgehead atoms. The molecule has 0 saturated carbocycles. The van der Waals surface area contributed by atoms with Crippen molar-refractivity contribution in [1.29, 1.82) is 0 Å². The number of benzene rings is 9. The van der Waals surface area contributed by atoms with Crippen molar-refractivity contribution in [2.24, 2.45) is 0 Å². The number of hydrogen-bond acceptors (Lipinski definition) is 2. The molecule has 1 unspecified atom stereocenters. The fourth-order valence-corrected chi connectivity index (χ4v) is 9.95. The lowest BCUT2D eigenvalue weighted by Crippen LogP contribution is -2.29. The first-order valence-electron chi connectivity index (χ1n) is 22.0. The Morgan fingerprint density at radius 1 is 0.438 bits per heavy atom. The predicted octanol–water partition coefficient (Wildman–Crippen LogP) is 16.9. The largest absolute Gasteiger partial charge is 0.456 e. The SMILES string of the molecule is C=CC1=C(/C=C\C)c2ccccc2C1(c1ccccc1)c1ccc(N(c2ccc(-c3cccc(-c4ccccc4)c3)cc2)c2ccc(-c3ccc4oc5ccccc5c4c3)cc2)cc1. The van der Waals surface area contributed by atoms with Crippen LogP contribution in [-0.4, -0.2) is 0 Å². The van der Waals surface area contributed by atoms with Gasteiger partial charge in [-0.1, -0.05) is 189 Å². The van der Waals surface area contributed by atoms with Gasteiger partial charge in [0.05, 0.1) is 5.41 Å². The molecule has 0 radical (unpaired) electrons. The van der Waals surface area contributed by atoms with Crippen molar-refractivity contribution < 1.29 is 4.42 Å². The van der Waals surface area contributed by atoms with Crippen LogP contribution in [0, 0.1) is 0 Å². The first kappa shape index (κ1) is 38.7. The normalized spacial score (nSPS) is 14.6. The van der Waals surface area contributed by atoms with Gasteiger partial charge in [0.1, 0.15) is 11.2 Å². The van der Waals surface area contributed by atoms with Gasteiger partial charge in [0.15, 0.2) is 0 Å². The van der Waals surface area contributed by atoms with Gasteiger partial charge in [-0.05, 0) is 134 Å². The molecule has 1 aliphatic carbocycles. The highest BCUT2D eigenvalue weighted by Gasteiger charge is 2.46. The molecule has 0 fully saturated rings. The van der Waals surface area contributed by atoms with E-state index in [1.165, 1.54) is 55.7 Å². The van der Waals surface area contributed by atoms with Gasteiger partial charge in [-0.3, -0.25) is 0 Å². The molecule has 0 aliphatic heterocycles. The van der Waals surface area contributed by atoms with E-state index in [1.54, 1.807) is 0 Å². The van der Waals surface area contributed by atoms with Crippen molar-refractivity contribution in [2.75, 3.05) is 4.90 Å². The smallest absolute Gasteiger partial charge is 0.135 e. The third kappa shape index (κ3) is 6.51. The van der Waals surface area contributed by atoms with Crippen LogP contribution in [0.25, 0.3) is 60.9 Å². The number of furan rings is 1. The monoisotopic (exact) mass is 819 g/mol. The minimum absolute atomic E-state index is 0.545. The van der Waals surface area contributed by atoms with Crippen molar-refractivity contribution in [3.05, 3.63) is 277 Å². The average molecular weight is 820 g/mol. The molecule has 1 aromatic heterocycles. The molecule has 0 amide bonds. The summed E-state index contributed by atoms with van der Waals surface area (Å²) in [6.07, 6.45) is 6.43. The Balaban J connectivity index is 1.02. The first-order chi connectivity index (χ1) is 31.6. The van der Waals surface area contributed by atoms with Crippen LogP contribution in [0.4, 0.5) is 17.1 Å². The summed E-state index contributed by atoms with van der Waals surface area (Å²) in [5, 5.41) is 2.25. The minimum atomic E-state index is -0.545. The van der Waals surface area contributed by atoms with Crippen molar-refractivity contribution in [1.82, 2.24) is 0 Å². The lowest BCUT2D eigenvalue weighted by atomic mass is 9.67. The molecule has 0 saturated heterocycles. The number of nitrogens with zero attached hydrogens (tertiary/aromatic N) is 1. The number of fused-ring (bicyclic) bond motifs is 4. The lowest BCUT2D eigenvalue weighted by molar-refractivity contribution is 0.669. The number of para-hydroxylation sites is 1. The van der Waals surface area contributed by atoms with Gasteiger partial charge in [-0.2, -0.15) is 0 Å². The van der Waals surface area contributed by atoms with Gasteiger partial charge in [0.2, 0.25) is 0 Å². The van der Waals surface area contributed by atoms with Crippen molar-refractivity contribution in [3.63, 3.8) is 0 Å². The molecule has 11 rings (SSSR count). The fraction of sp³-hybridized carbons (Fsp3) is 0.0323. The van der Waals surface area contributed by atoms with Crippen molar-refractivity contribution in [2.45, 2.75) is 12.3 Å². The predicted molar refractivity (Wildman–Crippen MR) is 269 cm³/mol. The summed E-state index contributed by atoms with van der Waals surface area (Å²) >= 11 is 0. The van der Waals surface area contributed by atoms with Crippen LogP contribution in [0.2, 0.25) is 0 Å². The van der Waals surface area contributed by atoms with E-state index in [1.807, 2.05) is 12.1 Å². The van der Waals surface area contributed by atoms with E-state index in [9.17, 15) is 0 Å². The third-order valence-corrected chi connectivity index (χ3v) is 12.9.